The van der Waals surface area contributed by atoms with Crippen LogP contribution in [0.25, 0.3) is 0 Å². The molecule has 2 rings (SSSR count). The van der Waals surface area contributed by atoms with Crippen LogP contribution in [0.2, 0.25) is 0 Å². The average molecular weight is 318 g/mol. The SMILES string of the molecule is C[C@@H](I)[C@H]1O[C@H](c2ccccc2)CC1O. The summed E-state index contributed by atoms with van der Waals surface area (Å²) in [6.07, 6.45) is 0.406. The lowest BCUT2D eigenvalue weighted by atomic mass is 10.0. The van der Waals surface area contributed by atoms with Crippen LogP contribution >= 0.6 is 22.6 Å². The van der Waals surface area contributed by atoms with Gasteiger partial charge in [-0.1, -0.05) is 59.8 Å². The van der Waals surface area contributed by atoms with E-state index in [1.165, 1.54) is 0 Å². The fourth-order valence-electron chi connectivity index (χ4n) is 1.99. The summed E-state index contributed by atoms with van der Waals surface area (Å²) in [6.45, 7) is 2.07. The number of benzene rings is 1. The number of rotatable bonds is 2. The first-order valence-corrected chi connectivity index (χ1v) is 6.45. The second-order valence-electron chi connectivity index (χ2n) is 3.98. The lowest BCUT2D eigenvalue weighted by Crippen LogP contribution is -2.28. The molecule has 2 nitrogen and oxygen atoms in total. The summed E-state index contributed by atoms with van der Waals surface area (Å²) in [5.41, 5.74) is 1.16. The maximum Gasteiger partial charge on any atom is 0.0957 e. The van der Waals surface area contributed by atoms with E-state index in [2.05, 4.69) is 41.6 Å². The molecular formula is C12H15IO2. The van der Waals surface area contributed by atoms with Gasteiger partial charge in [0.1, 0.15) is 0 Å². The zero-order valence-electron chi connectivity index (χ0n) is 8.64. The second kappa shape index (κ2) is 4.80. The summed E-state index contributed by atoms with van der Waals surface area (Å²) >= 11 is 2.30. The maximum atomic E-state index is 9.86. The van der Waals surface area contributed by atoms with Crippen molar-refractivity contribution in [2.75, 3.05) is 0 Å². The molecule has 4 atom stereocenters. The van der Waals surface area contributed by atoms with Crippen LogP contribution in [0.15, 0.2) is 30.3 Å². The molecule has 0 bridgehead atoms. The monoisotopic (exact) mass is 318 g/mol. The number of halogens is 1. The summed E-state index contributed by atoms with van der Waals surface area (Å²) in [7, 11) is 0. The number of hydrogen-bond donors (Lipinski definition) is 1. The quantitative estimate of drug-likeness (QED) is 0.671. The van der Waals surface area contributed by atoms with Gasteiger partial charge in [-0.25, -0.2) is 0 Å². The van der Waals surface area contributed by atoms with Crippen molar-refractivity contribution in [2.45, 2.75) is 35.6 Å². The Kier molecular flexibility index (Phi) is 3.64. The number of aliphatic hydroxyl groups is 1. The van der Waals surface area contributed by atoms with Crippen molar-refractivity contribution in [1.82, 2.24) is 0 Å². The molecule has 1 aromatic rings. The number of alkyl halides is 1. The minimum Gasteiger partial charge on any atom is -0.390 e. The van der Waals surface area contributed by atoms with Crippen LogP contribution < -0.4 is 0 Å². The van der Waals surface area contributed by atoms with Crippen LogP contribution in [0.3, 0.4) is 0 Å². The third kappa shape index (κ3) is 2.52. The summed E-state index contributed by atoms with van der Waals surface area (Å²) < 4.78 is 6.20. The molecule has 1 aromatic carbocycles. The highest BCUT2D eigenvalue weighted by molar-refractivity contribution is 14.1. The topological polar surface area (TPSA) is 29.5 Å². The van der Waals surface area contributed by atoms with Gasteiger partial charge in [-0.3, -0.25) is 0 Å². The maximum absolute atomic E-state index is 9.86. The van der Waals surface area contributed by atoms with Gasteiger partial charge in [0.2, 0.25) is 0 Å². The van der Waals surface area contributed by atoms with Gasteiger partial charge in [0, 0.05) is 10.3 Å². The van der Waals surface area contributed by atoms with Crippen molar-refractivity contribution in [3.05, 3.63) is 35.9 Å². The van der Waals surface area contributed by atoms with Crippen LogP contribution in [0.4, 0.5) is 0 Å². The summed E-state index contributed by atoms with van der Waals surface area (Å²) in [4.78, 5) is 0. The van der Waals surface area contributed by atoms with E-state index in [0.29, 0.717) is 10.3 Å². The Bertz CT molecular complexity index is 313. The molecule has 15 heavy (non-hydrogen) atoms. The highest BCUT2D eigenvalue weighted by Crippen LogP contribution is 2.35. The van der Waals surface area contributed by atoms with E-state index >= 15 is 0 Å². The van der Waals surface area contributed by atoms with Crippen molar-refractivity contribution < 1.29 is 9.84 Å². The highest BCUT2D eigenvalue weighted by atomic mass is 127. The van der Waals surface area contributed by atoms with E-state index in [9.17, 15) is 5.11 Å². The molecular weight excluding hydrogens is 303 g/mol. The van der Waals surface area contributed by atoms with Gasteiger partial charge >= 0.3 is 0 Å². The largest absolute Gasteiger partial charge is 0.390 e. The summed E-state index contributed by atoms with van der Waals surface area (Å²) in [6, 6.07) is 10.1. The Morgan fingerprint density at radius 2 is 2.07 bits per heavy atom. The van der Waals surface area contributed by atoms with Gasteiger partial charge in [0.05, 0.1) is 18.3 Å². The van der Waals surface area contributed by atoms with Gasteiger partial charge in [0.25, 0.3) is 0 Å². The standard InChI is InChI=1S/C12H15IO2/c1-8(13)12-10(14)7-11(15-12)9-5-3-2-4-6-9/h2-6,8,10-12,14H,7H2,1H3/t8-,10?,11+,12-/m1/s1. The van der Waals surface area contributed by atoms with Gasteiger partial charge < -0.3 is 9.84 Å². The minimum atomic E-state index is -0.331. The van der Waals surface area contributed by atoms with Crippen molar-refractivity contribution in [2.24, 2.45) is 0 Å². The molecule has 1 heterocycles. The van der Waals surface area contributed by atoms with Crippen LogP contribution in [-0.4, -0.2) is 21.2 Å². The third-order valence-electron chi connectivity index (χ3n) is 2.78. The molecule has 0 amide bonds. The predicted molar refractivity (Wildman–Crippen MR) is 68.2 cm³/mol. The zero-order valence-corrected chi connectivity index (χ0v) is 10.8. The Balaban J connectivity index is 2.09. The van der Waals surface area contributed by atoms with E-state index in [0.717, 1.165) is 5.56 Å². The molecule has 0 spiro atoms. The van der Waals surface area contributed by atoms with E-state index in [4.69, 9.17) is 4.74 Å². The molecule has 1 N–H and O–H groups in total. The Morgan fingerprint density at radius 1 is 1.40 bits per heavy atom. The van der Waals surface area contributed by atoms with Crippen molar-refractivity contribution in [3.63, 3.8) is 0 Å². The van der Waals surface area contributed by atoms with Crippen molar-refractivity contribution >= 4 is 22.6 Å². The third-order valence-corrected chi connectivity index (χ3v) is 3.49. The first-order valence-electron chi connectivity index (χ1n) is 5.21. The van der Waals surface area contributed by atoms with Crippen LogP contribution in [-0.2, 0) is 4.74 Å². The van der Waals surface area contributed by atoms with Crippen LogP contribution in [0.5, 0.6) is 0 Å². The molecule has 0 saturated carbocycles. The lowest BCUT2D eigenvalue weighted by Gasteiger charge is -2.17. The van der Waals surface area contributed by atoms with Crippen molar-refractivity contribution in [1.29, 1.82) is 0 Å². The molecule has 1 aliphatic rings. The Morgan fingerprint density at radius 3 is 2.60 bits per heavy atom. The van der Waals surface area contributed by atoms with Gasteiger partial charge in [0.15, 0.2) is 0 Å². The van der Waals surface area contributed by atoms with Gasteiger partial charge in [-0.05, 0) is 5.56 Å². The zero-order chi connectivity index (χ0) is 10.8. The minimum absolute atomic E-state index is 0.0317. The Labute approximate surface area is 104 Å². The number of ether oxygens (including phenoxy) is 1. The molecule has 1 aliphatic heterocycles. The predicted octanol–water partition coefficient (Wildman–Crippen LogP) is 2.70. The summed E-state index contributed by atoms with van der Waals surface area (Å²) in [5.74, 6) is 0. The van der Waals surface area contributed by atoms with E-state index in [1.54, 1.807) is 0 Å². The second-order valence-corrected chi connectivity index (χ2v) is 5.95. The smallest absolute Gasteiger partial charge is 0.0957 e. The fraction of sp³-hybridized carbons (Fsp3) is 0.500. The van der Waals surface area contributed by atoms with Gasteiger partial charge in [-0.2, -0.15) is 0 Å². The van der Waals surface area contributed by atoms with Crippen molar-refractivity contribution in [3.8, 4) is 0 Å². The van der Waals surface area contributed by atoms with Crippen LogP contribution in [0, 0.1) is 0 Å². The van der Waals surface area contributed by atoms with Gasteiger partial charge in [-0.15, -0.1) is 0 Å². The highest BCUT2D eigenvalue weighted by Gasteiger charge is 2.36. The normalized spacial score (nSPS) is 32.9. The molecule has 1 saturated heterocycles. The molecule has 1 unspecified atom stereocenters. The van der Waals surface area contributed by atoms with E-state index < -0.39 is 0 Å². The molecule has 82 valence electrons. The Hall–Kier alpha value is -0.130. The van der Waals surface area contributed by atoms with E-state index in [1.807, 2.05) is 18.2 Å². The first-order chi connectivity index (χ1) is 7.18. The molecule has 1 fully saturated rings. The van der Waals surface area contributed by atoms with Crippen LogP contribution in [0.1, 0.15) is 25.0 Å². The molecule has 0 radical (unpaired) electrons. The van der Waals surface area contributed by atoms with E-state index in [-0.39, 0.29) is 18.3 Å². The lowest BCUT2D eigenvalue weighted by molar-refractivity contribution is 0.0138. The first kappa shape index (κ1) is 11.4. The molecule has 0 aliphatic carbocycles. The summed E-state index contributed by atoms with van der Waals surface area (Å²) in [5, 5.41) is 9.86. The molecule has 0 aromatic heterocycles. The average Bonchev–Trinajstić information content (AvgIpc) is 2.62. The number of aliphatic hydroxyl groups excluding tert-OH is 1. The fourth-order valence-corrected chi connectivity index (χ4v) is 2.63. The molecule has 3 heteroatoms. The number of hydrogen-bond acceptors (Lipinski definition) is 2.